The molecule has 0 atom stereocenters. The zero-order chi connectivity index (χ0) is 2.00. The Morgan fingerprint density at radius 2 is 1.00 bits per heavy atom. The van der Waals surface area contributed by atoms with Gasteiger partial charge in [-0.1, -0.05) is 0 Å². The summed E-state index contributed by atoms with van der Waals surface area (Å²) < 4.78 is 0. The molecule has 4 heavy (non-hydrogen) atoms. The number of hydrogen-bond acceptors (Lipinski definition) is 2. The van der Waals surface area contributed by atoms with Crippen LogP contribution in [0.3, 0.4) is 0 Å². The Labute approximate surface area is 70.6 Å². The van der Waals surface area contributed by atoms with Gasteiger partial charge in [-0.25, -0.2) is 0 Å². The van der Waals surface area contributed by atoms with E-state index in [9.17, 15) is 0 Å². The van der Waals surface area contributed by atoms with Crippen LogP contribution in [0.25, 0.3) is 0 Å². The summed E-state index contributed by atoms with van der Waals surface area (Å²) in [7, 11) is 0. The van der Waals surface area contributed by atoms with Gasteiger partial charge in [-0.15, -0.1) is 23.3 Å². The van der Waals surface area contributed by atoms with Gasteiger partial charge in [-0.05, 0) is 0 Å². The van der Waals surface area contributed by atoms with Gasteiger partial charge in [-0.2, -0.15) is 0 Å². The van der Waals surface area contributed by atoms with E-state index < -0.39 is 0 Å². The molecule has 31 valence electrons. The van der Waals surface area contributed by atoms with Crippen LogP contribution in [0.15, 0.2) is 0 Å². The van der Waals surface area contributed by atoms with Gasteiger partial charge < -0.3 is 0 Å². The minimum atomic E-state index is 0. The molecular weight excluding hydrogens is 287 g/mol. The van der Waals surface area contributed by atoms with Crippen LogP contribution in [0.1, 0.15) is 0 Å². The van der Waals surface area contributed by atoms with Gasteiger partial charge in [0.1, 0.15) is 0 Å². The molecule has 0 spiro atoms. The molecule has 0 saturated heterocycles. The van der Waals surface area contributed by atoms with E-state index in [1.807, 2.05) is 0 Å². The van der Waals surface area contributed by atoms with Crippen molar-refractivity contribution in [1.29, 1.82) is 0 Å². The van der Waals surface area contributed by atoms with Crippen LogP contribution in [-0.2, 0) is 22.4 Å². The quantitative estimate of drug-likeness (QED) is 0.338. The molecule has 0 bridgehead atoms. The molecule has 0 aliphatic heterocycles. The second-order valence-corrected chi connectivity index (χ2v) is 0. The normalized spacial score (nSPS) is 1.50. The molecule has 4 heteroatoms. The Bertz CT molecular complexity index is 6.00. The van der Waals surface area contributed by atoms with Crippen molar-refractivity contribution in [2.45, 2.75) is 0 Å². The predicted molar refractivity (Wildman–Crippen MR) is 27.9 cm³/mol. The fraction of sp³-hybridized carbons (Fsp3) is 0. The number of rotatable bonds is 0. The molecule has 0 rings (SSSR count). The van der Waals surface area contributed by atoms with Gasteiger partial charge in [0.15, 0.2) is 0 Å². The molecule has 0 aromatic heterocycles. The minimum absolute atomic E-state index is 0. The van der Waals surface area contributed by atoms with E-state index >= 15 is 0 Å². The molecule has 0 amide bonds. The van der Waals surface area contributed by atoms with Crippen molar-refractivity contribution in [1.82, 2.24) is 0 Å². The molecule has 0 heterocycles. The summed E-state index contributed by atoms with van der Waals surface area (Å²) >= 11 is 6.44. The summed E-state index contributed by atoms with van der Waals surface area (Å²) in [4.78, 5) is 0. The van der Waals surface area contributed by atoms with E-state index in [0.29, 0.717) is 0 Å². The van der Waals surface area contributed by atoms with Crippen molar-refractivity contribution in [3.8, 4) is 0 Å². The Morgan fingerprint density at radius 3 is 1.00 bits per heavy atom. The van der Waals surface area contributed by atoms with Crippen molar-refractivity contribution in [2.75, 3.05) is 0 Å². The van der Waals surface area contributed by atoms with E-state index in [2.05, 4.69) is 23.3 Å². The van der Waals surface area contributed by atoms with Crippen LogP contribution in [-0.4, -0.2) is 25.8 Å². The average molecular weight is 292 g/mol. The van der Waals surface area contributed by atoms with Gasteiger partial charge in [0.25, 0.3) is 0 Å². The monoisotopic (exact) mass is 291 g/mol. The van der Waals surface area contributed by atoms with E-state index in [-0.39, 0.29) is 48.2 Å². The summed E-state index contributed by atoms with van der Waals surface area (Å²) in [6.45, 7) is 0. The van der Waals surface area contributed by atoms with Gasteiger partial charge in [0.2, 0.25) is 0 Å². The third-order valence-electron chi connectivity index (χ3n) is 0. The Hall–Kier alpha value is 2.31. The van der Waals surface area contributed by atoms with Crippen LogP contribution in [0.2, 0.25) is 0 Å². The maximum absolute atomic E-state index is 3.22. The first kappa shape index (κ1) is 16.2. The Kier molecular flexibility index (Phi) is 75.0. The Morgan fingerprint density at radius 1 is 1.00 bits per heavy atom. The molecular formula is H5AgInS2. The topological polar surface area (TPSA) is 0 Å². The molecule has 0 aliphatic rings. The van der Waals surface area contributed by atoms with Crippen molar-refractivity contribution < 1.29 is 22.4 Å². The van der Waals surface area contributed by atoms with Crippen molar-refractivity contribution in [3.05, 3.63) is 0 Å². The standard InChI is InChI=1S/Ag.In.H2S2.3H/c;;1-2;;;/h;;1-2H;;;. The zero-order valence-corrected chi connectivity index (χ0v) is 4.47. The summed E-state index contributed by atoms with van der Waals surface area (Å²) in [6, 6.07) is 0. The number of thiol groups is 2. The molecule has 0 N–H and O–H groups in total. The van der Waals surface area contributed by atoms with Crippen molar-refractivity contribution >= 4 is 49.2 Å². The molecule has 0 aromatic carbocycles. The summed E-state index contributed by atoms with van der Waals surface area (Å²) in [5.41, 5.74) is 0. The predicted octanol–water partition coefficient (Wildman–Crippen LogP) is -0.425. The van der Waals surface area contributed by atoms with Gasteiger partial charge in [0.05, 0.1) is 0 Å². The van der Waals surface area contributed by atoms with Crippen LogP contribution in [0.4, 0.5) is 0 Å². The average Bonchev–Trinajstić information content (AvgIpc) is 1.00. The summed E-state index contributed by atoms with van der Waals surface area (Å²) in [6.07, 6.45) is 0. The number of hydrogen-bond donors (Lipinski definition) is 2. The second-order valence-electron chi connectivity index (χ2n) is 0. The molecule has 0 unspecified atom stereocenters. The van der Waals surface area contributed by atoms with Crippen LogP contribution < -0.4 is 0 Å². The van der Waals surface area contributed by atoms with E-state index in [1.54, 1.807) is 0 Å². The molecule has 0 saturated carbocycles. The van der Waals surface area contributed by atoms with Gasteiger partial charge in [-0.3, -0.25) is 0 Å². The van der Waals surface area contributed by atoms with E-state index in [0.717, 1.165) is 0 Å². The van der Waals surface area contributed by atoms with Crippen LogP contribution in [0, 0.1) is 0 Å². The van der Waals surface area contributed by atoms with E-state index in [4.69, 9.17) is 0 Å². The van der Waals surface area contributed by atoms with Crippen molar-refractivity contribution in [3.63, 3.8) is 0 Å². The fourth-order valence-electron chi connectivity index (χ4n) is 0. The van der Waals surface area contributed by atoms with Gasteiger partial charge in [0, 0.05) is 22.4 Å². The summed E-state index contributed by atoms with van der Waals surface area (Å²) in [5.74, 6) is 0. The van der Waals surface area contributed by atoms with Crippen LogP contribution in [0.5, 0.6) is 0 Å². The first-order chi connectivity index (χ1) is 1.00. The molecule has 0 aliphatic carbocycles. The third-order valence-corrected chi connectivity index (χ3v) is 0. The molecule has 0 nitrogen and oxygen atoms in total. The van der Waals surface area contributed by atoms with Crippen molar-refractivity contribution in [2.24, 2.45) is 0 Å². The van der Waals surface area contributed by atoms with E-state index in [1.165, 1.54) is 0 Å². The van der Waals surface area contributed by atoms with Gasteiger partial charge >= 0.3 is 25.8 Å². The summed E-state index contributed by atoms with van der Waals surface area (Å²) in [5, 5.41) is 0. The first-order valence-corrected chi connectivity index (χ1v) is 1.80. The molecule has 1 radical (unpaired) electrons. The zero-order valence-electron chi connectivity index (χ0n) is 1.20. The fourth-order valence-corrected chi connectivity index (χ4v) is 0. The molecule has 0 aromatic rings. The Balaban J connectivity index is -0.00000000500. The SMILES string of the molecule is SS.[Ag].[InH3]. The third kappa shape index (κ3) is 8.85. The van der Waals surface area contributed by atoms with Crippen LogP contribution >= 0.6 is 23.3 Å². The maximum atomic E-state index is 3.22. The molecule has 0 fully saturated rings. The second kappa shape index (κ2) is 18.5. The first-order valence-electron chi connectivity index (χ1n) is 0.200.